The van der Waals surface area contributed by atoms with E-state index in [1.54, 1.807) is 6.92 Å². The lowest BCUT2D eigenvalue weighted by Gasteiger charge is -2.40. The summed E-state index contributed by atoms with van der Waals surface area (Å²) in [7, 11) is 0. The Bertz CT molecular complexity index is 334. The zero-order valence-electron chi connectivity index (χ0n) is 11.1. The monoisotopic (exact) mass is 255 g/mol. The summed E-state index contributed by atoms with van der Waals surface area (Å²) >= 11 is 0. The highest BCUT2D eigenvalue weighted by Gasteiger charge is 2.55. The predicted molar refractivity (Wildman–Crippen MR) is 65.2 cm³/mol. The van der Waals surface area contributed by atoms with Gasteiger partial charge in [0.1, 0.15) is 12.5 Å². The smallest absolute Gasteiger partial charge is 0.319 e. The van der Waals surface area contributed by atoms with Gasteiger partial charge >= 0.3 is 5.97 Å². The summed E-state index contributed by atoms with van der Waals surface area (Å²) in [6.45, 7) is 6.97. The highest BCUT2D eigenvalue weighted by Crippen LogP contribution is 2.39. The maximum Gasteiger partial charge on any atom is 0.319 e. The Balaban J connectivity index is 2.11. The molecule has 0 radical (unpaired) electrons. The third-order valence-corrected chi connectivity index (χ3v) is 4.02. The average molecular weight is 255 g/mol. The summed E-state index contributed by atoms with van der Waals surface area (Å²) in [6.07, 6.45) is 1.46. The highest BCUT2D eigenvalue weighted by atomic mass is 16.5. The summed E-state index contributed by atoms with van der Waals surface area (Å²) in [6, 6.07) is 0. The first kappa shape index (κ1) is 13.5. The van der Waals surface area contributed by atoms with E-state index in [2.05, 4.69) is 11.8 Å². The molecule has 2 rings (SSSR count). The molecule has 2 saturated heterocycles. The van der Waals surface area contributed by atoms with Crippen molar-refractivity contribution in [3.63, 3.8) is 0 Å². The number of nitrogens with zero attached hydrogens (tertiary/aromatic N) is 1. The summed E-state index contributed by atoms with van der Waals surface area (Å²) in [5, 5.41) is 0. The zero-order chi connectivity index (χ0) is 13.2. The zero-order valence-corrected chi connectivity index (χ0v) is 11.1. The number of likely N-dealkylation sites (tertiary alicyclic amines) is 1. The number of piperidine rings is 1. The quantitative estimate of drug-likeness (QED) is 0.546. The molecule has 0 amide bonds. The Morgan fingerprint density at radius 3 is 2.67 bits per heavy atom. The Kier molecular flexibility index (Phi) is 4.02. The van der Waals surface area contributed by atoms with Gasteiger partial charge in [-0.25, -0.2) is 0 Å². The number of carbonyl (C=O) groups excluding carboxylic acids is 2. The van der Waals surface area contributed by atoms with Crippen molar-refractivity contribution in [3.05, 3.63) is 0 Å². The topological polar surface area (TPSA) is 55.8 Å². The van der Waals surface area contributed by atoms with Crippen molar-refractivity contribution in [2.24, 2.45) is 5.92 Å². The molecule has 2 aliphatic rings. The summed E-state index contributed by atoms with van der Waals surface area (Å²) < 4.78 is 10.7. The first-order valence-corrected chi connectivity index (χ1v) is 6.68. The van der Waals surface area contributed by atoms with E-state index in [0.717, 1.165) is 32.5 Å². The van der Waals surface area contributed by atoms with Crippen molar-refractivity contribution < 1.29 is 19.1 Å². The molecule has 0 N–H and O–H groups in total. The fraction of sp³-hybridized carbons (Fsp3) is 0.846. The predicted octanol–water partition coefficient (Wildman–Crippen LogP) is 0.619. The lowest BCUT2D eigenvalue weighted by molar-refractivity contribution is -0.158. The molecule has 0 aromatic heterocycles. The van der Waals surface area contributed by atoms with Crippen LogP contribution in [-0.2, 0) is 19.1 Å². The largest absolute Gasteiger partial charge is 0.465 e. The van der Waals surface area contributed by atoms with Crippen LogP contribution < -0.4 is 0 Å². The van der Waals surface area contributed by atoms with E-state index in [-0.39, 0.29) is 12.4 Å². The van der Waals surface area contributed by atoms with Crippen LogP contribution in [0, 0.1) is 5.92 Å². The van der Waals surface area contributed by atoms with Crippen LogP contribution in [0.2, 0.25) is 0 Å². The molecule has 0 aromatic carbocycles. The second-order valence-electron chi connectivity index (χ2n) is 4.94. The maximum atomic E-state index is 11.9. The standard InChI is InChI=1S/C13H21NO4/c1-3-14-7-5-13(6-8-14)11(10(15)9-18-13)12(16)17-4-2/h11H,3-9H2,1-2H3. The lowest BCUT2D eigenvalue weighted by atomic mass is 9.79. The van der Waals surface area contributed by atoms with E-state index in [4.69, 9.17) is 9.47 Å². The van der Waals surface area contributed by atoms with E-state index in [0.29, 0.717) is 6.61 Å². The number of ether oxygens (including phenoxy) is 2. The first-order chi connectivity index (χ1) is 8.63. The Morgan fingerprint density at radius 1 is 1.44 bits per heavy atom. The third kappa shape index (κ3) is 2.29. The SMILES string of the molecule is CCOC(=O)C1C(=O)COC12CCN(CC)CC2. The third-order valence-electron chi connectivity index (χ3n) is 4.02. The minimum atomic E-state index is -0.712. The van der Waals surface area contributed by atoms with Crippen molar-refractivity contribution in [1.29, 1.82) is 0 Å². The summed E-state index contributed by atoms with van der Waals surface area (Å²) in [5.41, 5.74) is -0.602. The molecule has 5 nitrogen and oxygen atoms in total. The number of carbonyl (C=O) groups is 2. The normalized spacial score (nSPS) is 27.7. The van der Waals surface area contributed by atoms with E-state index in [1.165, 1.54) is 0 Å². The van der Waals surface area contributed by atoms with E-state index in [1.807, 2.05) is 0 Å². The van der Waals surface area contributed by atoms with E-state index in [9.17, 15) is 9.59 Å². The molecular formula is C13H21NO4. The molecule has 1 spiro atoms. The molecule has 0 aromatic rings. The van der Waals surface area contributed by atoms with Gasteiger partial charge in [-0.2, -0.15) is 0 Å². The first-order valence-electron chi connectivity index (χ1n) is 6.68. The fourth-order valence-corrected chi connectivity index (χ4v) is 2.93. The van der Waals surface area contributed by atoms with Crippen molar-refractivity contribution >= 4 is 11.8 Å². The number of hydrogen-bond acceptors (Lipinski definition) is 5. The van der Waals surface area contributed by atoms with Gasteiger partial charge < -0.3 is 14.4 Å². The highest BCUT2D eigenvalue weighted by molar-refractivity contribution is 6.02. The van der Waals surface area contributed by atoms with Crippen molar-refractivity contribution in [3.8, 4) is 0 Å². The van der Waals surface area contributed by atoms with Crippen LogP contribution in [0.4, 0.5) is 0 Å². The Morgan fingerprint density at radius 2 is 2.11 bits per heavy atom. The van der Waals surface area contributed by atoms with Gasteiger partial charge in [0.15, 0.2) is 5.78 Å². The van der Waals surface area contributed by atoms with Crippen LogP contribution in [0.1, 0.15) is 26.7 Å². The number of esters is 1. The minimum Gasteiger partial charge on any atom is -0.465 e. The number of rotatable bonds is 3. The van der Waals surface area contributed by atoms with E-state index < -0.39 is 17.5 Å². The van der Waals surface area contributed by atoms with Crippen molar-refractivity contribution in [2.45, 2.75) is 32.3 Å². The Labute approximate surface area is 107 Å². The van der Waals surface area contributed by atoms with Gasteiger partial charge in [-0.15, -0.1) is 0 Å². The van der Waals surface area contributed by atoms with Gasteiger partial charge in [0, 0.05) is 13.1 Å². The molecule has 1 atom stereocenters. The van der Waals surface area contributed by atoms with E-state index >= 15 is 0 Å². The molecule has 0 bridgehead atoms. The molecule has 102 valence electrons. The van der Waals surface area contributed by atoms with Crippen LogP contribution in [0.3, 0.4) is 0 Å². The van der Waals surface area contributed by atoms with Gasteiger partial charge in [0.05, 0.1) is 12.2 Å². The number of hydrogen-bond donors (Lipinski definition) is 0. The fourth-order valence-electron chi connectivity index (χ4n) is 2.93. The van der Waals surface area contributed by atoms with Gasteiger partial charge in [0.2, 0.25) is 0 Å². The van der Waals surface area contributed by atoms with Crippen molar-refractivity contribution in [1.82, 2.24) is 4.90 Å². The van der Waals surface area contributed by atoms with Crippen molar-refractivity contribution in [2.75, 3.05) is 32.8 Å². The van der Waals surface area contributed by atoms with Crippen LogP contribution >= 0.6 is 0 Å². The van der Waals surface area contributed by atoms with Crippen LogP contribution in [0.5, 0.6) is 0 Å². The maximum absolute atomic E-state index is 11.9. The van der Waals surface area contributed by atoms with Crippen LogP contribution in [-0.4, -0.2) is 55.1 Å². The van der Waals surface area contributed by atoms with Gasteiger partial charge in [-0.05, 0) is 26.3 Å². The van der Waals surface area contributed by atoms with Gasteiger partial charge in [0.25, 0.3) is 0 Å². The molecule has 5 heteroatoms. The molecule has 0 saturated carbocycles. The number of ketones is 1. The lowest BCUT2D eigenvalue weighted by Crippen LogP contribution is -2.51. The molecule has 2 aliphatic heterocycles. The van der Waals surface area contributed by atoms with Crippen LogP contribution in [0.15, 0.2) is 0 Å². The average Bonchev–Trinajstić information content (AvgIpc) is 2.68. The van der Waals surface area contributed by atoms with Gasteiger partial charge in [-0.3, -0.25) is 9.59 Å². The number of Topliss-reactive ketones (excluding diaryl/α,β-unsaturated/α-hetero) is 1. The Hall–Kier alpha value is -0.940. The molecule has 0 aliphatic carbocycles. The summed E-state index contributed by atoms with van der Waals surface area (Å²) in [4.78, 5) is 26.1. The van der Waals surface area contributed by atoms with Gasteiger partial charge in [-0.1, -0.05) is 6.92 Å². The molecule has 2 heterocycles. The summed E-state index contributed by atoms with van der Waals surface area (Å²) in [5.74, 6) is -1.25. The van der Waals surface area contributed by atoms with Crippen LogP contribution in [0.25, 0.3) is 0 Å². The minimum absolute atomic E-state index is 0.0512. The second-order valence-corrected chi connectivity index (χ2v) is 4.94. The molecule has 1 unspecified atom stereocenters. The molecule has 18 heavy (non-hydrogen) atoms. The molecular weight excluding hydrogens is 234 g/mol. The second kappa shape index (κ2) is 5.36. The molecule has 2 fully saturated rings.